The van der Waals surface area contributed by atoms with Crippen molar-refractivity contribution >= 4 is 11.7 Å². The van der Waals surface area contributed by atoms with Crippen molar-refractivity contribution < 1.29 is 18.3 Å². The molecule has 0 aliphatic rings. The fraction of sp³-hybridized carbons (Fsp3) is 0.417. The molecule has 0 amide bonds. The van der Waals surface area contributed by atoms with Crippen LogP contribution in [0.3, 0.4) is 0 Å². The molecule has 0 aliphatic heterocycles. The van der Waals surface area contributed by atoms with E-state index >= 15 is 0 Å². The number of hydrogen-bond donors (Lipinski definition) is 0. The summed E-state index contributed by atoms with van der Waals surface area (Å²) >= 11 is 0. The number of benzene rings is 1. The highest BCUT2D eigenvalue weighted by atomic mass is 19.1. The first-order valence-corrected chi connectivity index (χ1v) is 5.27. The zero-order valence-electron chi connectivity index (χ0n) is 9.87. The first kappa shape index (κ1) is 13.4. The number of ether oxygens (including phenoxy) is 1. The van der Waals surface area contributed by atoms with Crippen LogP contribution in [0.15, 0.2) is 18.2 Å². The van der Waals surface area contributed by atoms with Crippen molar-refractivity contribution in [3.8, 4) is 0 Å². The lowest BCUT2D eigenvalue weighted by Crippen LogP contribution is -2.20. The SMILES string of the molecule is COC(=O)CCCN(C)c1ccc(F)cc1F. The van der Waals surface area contributed by atoms with E-state index in [1.54, 1.807) is 11.9 Å². The molecule has 1 aromatic carbocycles. The maximum Gasteiger partial charge on any atom is 0.305 e. The van der Waals surface area contributed by atoms with Gasteiger partial charge in [0.2, 0.25) is 0 Å². The van der Waals surface area contributed by atoms with Crippen LogP contribution in [0.25, 0.3) is 0 Å². The Bertz CT molecular complexity index is 396. The molecule has 0 saturated carbocycles. The first-order chi connectivity index (χ1) is 8.04. The van der Waals surface area contributed by atoms with E-state index in [4.69, 9.17) is 0 Å². The van der Waals surface area contributed by atoms with Gasteiger partial charge in [0.25, 0.3) is 0 Å². The van der Waals surface area contributed by atoms with Crippen molar-refractivity contribution in [1.29, 1.82) is 0 Å². The van der Waals surface area contributed by atoms with E-state index in [-0.39, 0.29) is 12.4 Å². The van der Waals surface area contributed by atoms with E-state index in [0.717, 1.165) is 6.07 Å². The highest BCUT2D eigenvalue weighted by molar-refractivity contribution is 5.69. The molecule has 1 rings (SSSR count). The molecule has 0 heterocycles. The Morgan fingerprint density at radius 1 is 1.41 bits per heavy atom. The van der Waals surface area contributed by atoms with Gasteiger partial charge in [-0.15, -0.1) is 0 Å². The number of carbonyl (C=O) groups is 1. The molecule has 0 spiro atoms. The monoisotopic (exact) mass is 243 g/mol. The van der Waals surface area contributed by atoms with Gasteiger partial charge in [0.15, 0.2) is 0 Å². The van der Waals surface area contributed by atoms with Gasteiger partial charge in [-0.1, -0.05) is 0 Å². The van der Waals surface area contributed by atoms with Crippen molar-refractivity contribution in [1.82, 2.24) is 0 Å². The lowest BCUT2D eigenvalue weighted by atomic mass is 10.2. The van der Waals surface area contributed by atoms with Crippen LogP contribution in [0, 0.1) is 11.6 Å². The second-order valence-electron chi connectivity index (χ2n) is 3.70. The molecule has 3 nitrogen and oxygen atoms in total. The molecule has 0 bridgehead atoms. The molecule has 0 aliphatic carbocycles. The Morgan fingerprint density at radius 3 is 2.71 bits per heavy atom. The van der Waals surface area contributed by atoms with E-state index in [1.807, 2.05) is 0 Å². The Morgan fingerprint density at radius 2 is 2.12 bits per heavy atom. The molecule has 0 atom stereocenters. The predicted molar refractivity (Wildman–Crippen MR) is 60.9 cm³/mol. The van der Waals surface area contributed by atoms with Crippen LogP contribution >= 0.6 is 0 Å². The minimum absolute atomic E-state index is 0.281. The third-order valence-corrected chi connectivity index (χ3v) is 2.42. The number of rotatable bonds is 5. The fourth-order valence-corrected chi connectivity index (χ4v) is 1.47. The summed E-state index contributed by atoms with van der Waals surface area (Å²) in [6.07, 6.45) is 0.837. The van der Waals surface area contributed by atoms with Crippen molar-refractivity contribution in [2.75, 3.05) is 25.6 Å². The van der Waals surface area contributed by atoms with Crippen LogP contribution in [-0.2, 0) is 9.53 Å². The molecule has 94 valence electrons. The van der Waals surface area contributed by atoms with Gasteiger partial charge in [-0.25, -0.2) is 8.78 Å². The number of anilines is 1. The Hall–Kier alpha value is -1.65. The molecule has 5 heteroatoms. The van der Waals surface area contributed by atoms with Gasteiger partial charge in [-0.2, -0.15) is 0 Å². The van der Waals surface area contributed by atoms with Gasteiger partial charge >= 0.3 is 5.97 Å². The van der Waals surface area contributed by atoms with Crippen LogP contribution in [0.4, 0.5) is 14.5 Å². The van der Waals surface area contributed by atoms with Gasteiger partial charge in [-0.05, 0) is 18.6 Å². The minimum atomic E-state index is -0.606. The summed E-state index contributed by atoms with van der Waals surface area (Å²) in [4.78, 5) is 12.5. The first-order valence-electron chi connectivity index (χ1n) is 5.27. The number of halogens is 2. The summed E-state index contributed by atoms with van der Waals surface area (Å²) in [5.41, 5.74) is 0.316. The second-order valence-corrected chi connectivity index (χ2v) is 3.70. The quantitative estimate of drug-likeness (QED) is 0.743. The summed E-state index contributed by atoms with van der Waals surface area (Å²) in [7, 11) is 3.01. The number of nitrogens with zero attached hydrogens (tertiary/aromatic N) is 1. The average molecular weight is 243 g/mol. The highest BCUT2D eigenvalue weighted by Gasteiger charge is 2.09. The van der Waals surface area contributed by atoms with Gasteiger partial charge < -0.3 is 9.64 Å². The van der Waals surface area contributed by atoms with Crippen LogP contribution in [0.2, 0.25) is 0 Å². The average Bonchev–Trinajstić information content (AvgIpc) is 2.28. The Kier molecular flexibility index (Phi) is 4.87. The molecule has 17 heavy (non-hydrogen) atoms. The Balaban J connectivity index is 2.52. The maximum absolute atomic E-state index is 13.4. The minimum Gasteiger partial charge on any atom is -0.469 e. The molecule has 0 unspecified atom stereocenters. The summed E-state index contributed by atoms with van der Waals surface area (Å²) in [6.45, 7) is 0.498. The van der Waals surface area contributed by atoms with E-state index in [2.05, 4.69) is 4.74 Å². The normalized spacial score (nSPS) is 10.1. The van der Waals surface area contributed by atoms with Crippen molar-refractivity contribution in [3.05, 3.63) is 29.8 Å². The second kappa shape index (κ2) is 6.18. The van der Waals surface area contributed by atoms with Gasteiger partial charge in [0.1, 0.15) is 11.6 Å². The zero-order valence-corrected chi connectivity index (χ0v) is 9.87. The van der Waals surface area contributed by atoms with Gasteiger partial charge in [-0.3, -0.25) is 4.79 Å². The van der Waals surface area contributed by atoms with E-state index < -0.39 is 11.6 Å². The maximum atomic E-state index is 13.4. The number of esters is 1. The molecular weight excluding hydrogens is 228 g/mol. The highest BCUT2D eigenvalue weighted by Crippen LogP contribution is 2.19. The summed E-state index contributed by atoms with van der Waals surface area (Å²) < 4.78 is 30.6. The molecule has 0 radical (unpaired) electrons. The molecule has 0 fully saturated rings. The van der Waals surface area contributed by atoms with Gasteiger partial charge in [0.05, 0.1) is 12.8 Å². The summed E-state index contributed by atoms with van der Waals surface area (Å²) in [6, 6.07) is 3.42. The standard InChI is InChI=1S/C12H15F2NO2/c1-15(7-3-4-12(16)17-2)11-6-5-9(13)8-10(11)14/h5-6,8H,3-4,7H2,1-2H3. The smallest absolute Gasteiger partial charge is 0.305 e. The lowest BCUT2D eigenvalue weighted by Gasteiger charge is -2.19. The largest absolute Gasteiger partial charge is 0.469 e. The topological polar surface area (TPSA) is 29.5 Å². The van der Waals surface area contributed by atoms with Crippen molar-refractivity contribution in [2.45, 2.75) is 12.8 Å². The lowest BCUT2D eigenvalue weighted by molar-refractivity contribution is -0.140. The Labute approximate surface area is 99.0 Å². The molecule has 0 N–H and O–H groups in total. The molecule has 0 saturated heterocycles. The summed E-state index contributed by atoms with van der Waals surface area (Å²) in [5, 5.41) is 0. The zero-order chi connectivity index (χ0) is 12.8. The molecule has 0 aromatic heterocycles. The van der Waals surface area contributed by atoms with Crippen LogP contribution in [-0.4, -0.2) is 26.7 Å². The van der Waals surface area contributed by atoms with Crippen LogP contribution in [0.1, 0.15) is 12.8 Å². The third kappa shape index (κ3) is 4.01. The van der Waals surface area contributed by atoms with E-state index in [1.165, 1.54) is 19.2 Å². The van der Waals surface area contributed by atoms with E-state index in [0.29, 0.717) is 18.7 Å². The third-order valence-electron chi connectivity index (χ3n) is 2.42. The number of hydrogen-bond acceptors (Lipinski definition) is 3. The molecule has 1 aromatic rings. The number of carbonyl (C=O) groups excluding carboxylic acids is 1. The number of methoxy groups -OCH3 is 1. The van der Waals surface area contributed by atoms with Crippen molar-refractivity contribution in [2.24, 2.45) is 0 Å². The summed E-state index contributed by atoms with van der Waals surface area (Å²) in [5.74, 6) is -1.50. The van der Waals surface area contributed by atoms with Gasteiger partial charge in [0, 0.05) is 26.1 Å². The fourth-order valence-electron chi connectivity index (χ4n) is 1.47. The van der Waals surface area contributed by atoms with Crippen LogP contribution in [0.5, 0.6) is 0 Å². The van der Waals surface area contributed by atoms with Crippen molar-refractivity contribution in [3.63, 3.8) is 0 Å². The van der Waals surface area contributed by atoms with E-state index in [9.17, 15) is 13.6 Å². The molecular formula is C12H15F2NO2. The predicted octanol–water partition coefficient (Wildman–Crippen LogP) is 2.35. The van der Waals surface area contributed by atoms with Crippen LogP contribution < -0.4 is 4.90 Å².